The summed E-state index contributed by atoms with van der Waals surface area (Å²) in [5.74, 6) is 1.07. The second-order valence-corrected chi connectivity index (χ2v) is 5.88. The Labute approximate surface area is 102 Å². The van der Waals surface area contributed by atoms with E-state index < -0.39 is 0 Å². The smallest absolute Gasteiger partial charge is 0.211 e. The number of rotatable bonds is 3. The van der Waals surface area contributed by atoms with Gasteiger partial charge in [-0.25, -0.2) is 9.97 Å². The van der Waals surface area contributed by atoms with Crippen LogP contribution in [0.2, 0.25) is 5.28 Å². The Hall–Kier alpha value is -0.320. The van der Waals surface area contributed by atoms with Crippen LogP contribution >= 0.6 is 34.7 Å². The zero-order valence-corrected chi connectivity index (χ0v) is 11.0. The first-order valence-electron chi connectivity index (χ1n) is 4.77. The SMILES string of the molecule is CCCSc1nc(Cl)nc2sc(C)cc12. The highest BCUT2D eigenvalue weighted by Crippen LogP contribution is 2.32. The number of nitrogens with zero attached hydrogens (tertiary/aromatic N) is 2. The number of hydrogen-bond acceptors (Lipinski definition) is 4. The lowest BCUT2D eigenvalue weighted by atomic mass is 10.4. The quantitative estimate of drug-likeness (QED) is 0.470. The first-order chi connectivity index (χ1) is 7.20. The highest BCUT2D eigenvalue weighted by atomic mass is 35.5. The van der Waals surface area contributed by atoms with Gasteiger partial charge in [-0.2, -0.15) is 0 Å². The third kappa shape index (κ3) is 2.44. The minimum Gasteiger partial charge on any atom is -0.211 e. The van der Waals surface area contributed by atoms with E-state index in [1.807, 2.05) is 0 Å². The minimum atomic E-state index is 0.350. The maximum Gasteiger partial charge on any atom is 0.224 e. The van der Waals surface area contributed by atoms with Crippen LogP contribution in [0.3, 0.4) is 0 Å². The molecule has 2 heterocycles. The Balaban J connectivity index is 2.50. The Morgan fingerprint density at radius 1 is 1.47 bits per heavy atom. The van der Waals surface area contributed by atoms with Gasteiger partial charge in [-0.15, -0.1) is 23.1 Å². The van der Waals surface area contributed by atoms with Gasteiger partial charge >= 0.3 is 0 Å². The summed E-state index contributed by atoms with van der Waals surface area (Å²) in [6.45, 7) is 4.24. The van der Waals surface area contributed by atoms with Crippen molar-refractivity contribution in [2.24, 2.45) is 0 Å². The van der Waals surface area contributed by atoms with Gasteiger partial charge in [0.1, 0.15) is 9.86 Å². The van der Waals surface area contributed by atoms with Crippen molar-refractivity contribution in [3.63, 3.8) is 0 Å². The third-order valence-corrected chi connectivity index (χ3v) is 4.21. The third-order valence-electron chi connectivity index (χ3n) is 1.90. The van der Waals surface area contributed by atoms with Crippen LogP contribution in [0, 0.1) is 6.92 Å². The number of aromatic nitrogens is 2. The summed E-state index contributed by atoms with van der Waals surface area (Å²) in [6.07, 6.45) is 1.14. The molecular weight excluding hydrogens is 248 g/mol. The zero-order chi connectivity index (χ0) is 10.8. The molecule has 0 unspecified atom stereocenters. The molecule has 0 aliphatic heterocycles. The lowest BCUT2D eigenvalue weighted by Gasteiger charge is -2.00. The summed E-state index contributed by atoms with van der Waals surface area (Å²) < 4.78 is 0. The molecule has 0 aliphatic carbocycles. The van der Waals surface area contributed by atoms with E-state index in [1.54, 1.807) is 23.1 Å². The molecule has 15 heavy (non-hydrogen) atoms. The molecule has 5 heteroatoms. The molecule has 0 aliphatic rings. The van der Waals surface area contributed by atoms with Crippen LogP contribution in [0.25, 0.3) is 10.2 Å². The number of aryl methyl sites for hydroxylation is 1. The molecule has 2 aromatic rings. The molecule has 0 spiro atoms. The molecule has 0 saturated heterocycles. The fraction of sp³-hybridized carbons (Fsp3) is 0.400. The Kier molecular flexibility index (Phi) is 3.49. The van der Waals surface area contributed by atoms with E-state index in [0.29, 0.717) is 5.28 Å². The highest BCUT2D eigenvalue weighted by molar-refractivity contribution is 7.99. The molecule has 2 nitrogen and oxygen atoms in total. The lowest BCUT2D eigenvalue weighted by Crippen LogP contribution is -1.87. The van der Waals surface area contributed by atoms with Crippen molar-refractivity contribution in [3.8, 4) is 0 Å². The number of hydrogen-bond donors (Lipinski definition) is 0. The van der Waals surface area contributed by atoms with E-state index in [1.165, 1.54) is 4.88 Å². The largest absolute Gasteiger partial charge is 0.224 e. The van der Waals surface area contributed by atoms with Gasteiger partial charge in [0.2, 0.25) is 5.28 Å². The number of fused-ring (bicyclic) bond motifs is 1. The van der Waals surface area contributed by atoms with Crippen molar-refractivity contribution in [2.45, 2.75) is 25.3 Å². The first kappa shape index (κ1) is 11.2. The molecule has 2 aromatic heterocycles. The number of halogens is 1. The van der Waals surface area contributed by atoms with Gasteiger partial charge in [0.05, 0.1) is 0 Å². The van der Waals surface area contributed by atoms with Crippen molar-refractivity contribution in [1.82, 2.24) is 9.97 Å². The van der Waals surface area contributed by atoms with Crippen LogP contribution in [0.5, 0.6) is 0 Å². The van der Waals surface area contributed by atoms with Crippen molar-refractivity contribution in [2.75, 3.05) is 5.75 Å². The normalized spacial score (nSPS) is 11.1. The van der Waals surface area contributed by atoms with E-state index in [4.69, 9.17) is 11.6 Å². The van der Waals surface area contributed by atoms with Gasteiger partial charge in [0.15, 0.2) is 0 Å². The first-order valence-corrected chi connectivity index (χ1v) is 6.95. The average molecular weight is 259 g/mol. The summed E-state index contributed by atoms with van der Waals surface area (Å²) in [4.78, 5) is 10.7. The van der Waals surface area contributed by atoms with E-state index in [-0.39, 0.29) is 0 Å². The van der Waals surface area contributed by atoms with E-state index in [0.717, 1.165) is 27.4 Å². The maximum atomic E-state index is 5.88. The molecule has 0 atom stereocenters. The van der Waals surface area contributed by atoms with Gasteiger partial charge in [0, 0.05) is 10.3 Å². The van der Waals surface area contributed by atoms with E-state index >= 15 is 0 Å². The van der Waals surface area contributed by atoms with E-state index in [9.17, 15) is 0 Å². The standard InChI is InChI=1S/C10H11ClN2S2/c1-3-4-14-8-7-5-6(2)15-9(7)13-10(11)12-8/h5H,3-4H2,1-2H3. The Morgan fingerprint density at radius 3 is 3.00 bits per heavy atom. The molecule has 0 N–H and O–H groups in total. The van der Waals surface area contributed by atoms with Gasteiger partial charge in [-0.1, -0.05) is 6.92 Å². The predicted octanol–water partition coefficient (Wildman–Crippen LogP) is 4.16. The van der Waals surface area contributed by atoms with Crippen molar-refractivity contribution < 1.29 is 0 Å². The van der Waals surface area contributed by atoms with Crippen molar-refractivity contribution in [3.05, 3.63) is 16.2 Å². The van der Waals surface area contributed by atoms with Crippen LogP contribution < -0.4 is 0 Å². The van der Waals surface area contributed by atoms with Crippen LogP contribution in [0.4, 0.5) is 0 Å². The van der Waals surface area contributed by atoms with Gasteiger partial charge < -0.3 is 0 Å². The zero-order valence-electron chi connectivity index (χ0n) is 8.58. The molecule has 2 rings (SSSR count). The van der Waals surface area contributed by atoms with Crippen LogP contribution in [0.1, 0.15) is 18.2 Å². The van der Waals surface area contributed by atoms with Gasteiger partial charge in [-0.3, -0.25) is 0 Å². The Morgan fingerprint density at radius 2 is 2.27 bits per heavy atom. The molecule has 0 bridgehead atoms. The molecule has 0 fully saturated rings. The summed E-state index contributed by atoms with van der Waals surface area (Å²) in [5.41, 5.74) is 0. The monoisotopic (exact) mass is 258 g/mol. The van der Waals surface area contributed by atoms with Crippen LogP contribution in [-0.4, -0.2) is 15.7 Å². The van der Waals surface area contributed by atoms with Gasteiger partial charge in [0.25, 0.3) is 0 Å². The van der Waals surface area contributed by atoms with Crippen LogP contribution in [-0.2, 0) is 0 Å². The Bertz CT molecular complexity index is 481. The summed E-state index contributed by atoms with van der Waals surface area (Å²) in [5, 5.41) is 2.50. The second kappa shape index (κ2) is 4.68. The molecule has 80 valence electrons. The summed E-state index contributed by atoms with van der Waals surface area (Å²) in [7, 11) is 0. The highest BCUT2D eigenvalue weighted by Gasteiger charge is 2.09. The topological polar surface area (TPSA) is 25.8 Å². The molecule has 0 saturated carbocycles. The second-order valence-electron chi connectivity index (χ2n) is 3.22. The molecule has 0 aromatic carbocycles. The molecular formula is C10H11ClN2S2. The lowest BCUT2D eigenvalue weighted by molar-refractivity contribution is 1.08. The predicted molar refractivity (Wildman–Crippen MR) is 68.2 cm³/mol. The fourth-order valence-electron chi connectivity index (χ4n) is 1.30. The summed E-state index contributed by atoms with van der Waals surface area (Å²) >= 11 is 9.30. The maximum absolute atomic E-state index is 5.88. The average Bonchev–Trinajstić information content (AvgIpc) is 2.54. The van der Waals surface area contributed by atoms with Crippen molar-refractivity contribution in [1.29, 1.82) is 0 Å². The number of thiophene rings is 1. The number of thioether (sulfide) groups is 1. The molecule has 0 amide bonds. The van der Waals surface area contributed by atoms with E-state index in [2.05, 4.69) is 29.9 Å². The van der Waals surface area contributed by atoms with Crippen molar-refractivity contribution >= 4 is 44.9 Å². The molecule has 0 radical (unpaired) electrons. The van der Waals surface area contributed by atoms with Crippen LogP contribution in [0.15, 0.2) is 11.1 Å². The van der Waals surface area contributed by atoms with Gasteiger partial charge in [-0.05, 0) is 36.8 Å². The minimum absolute atomic E-state index is 0.350. The summed E-state index contributed by atoms with van der Waals surface area (Å²) in [6, 6.07) is 2.13. The fourth-order valence-corrected chi connectivity index (χ4v) is 3.37.